The summed E-state index contributed by atoms with van der Waals surface area (Å²) in [5, 5.41) is 5.09. The van der Waals surface area contributed by atoms with Crippen molar-refractivity contribution in [2.24, 2.45) is 4.99 Å². The van der Waals surface area contributed by atoms with Gasteiger partial charge in [0.25, 0.3) is 11.8 Å². The van der Waals surface area contributed by atoms with E-state index in [0.29, 0.717) is 54.2 Å². The van der Waals surface area contributed by atoms with Gasteiger partial charge in [0.15, 0.2) is 5.54 Å². The van der Waals surface area contributed by atoms with Crippen LogP contribution in [0.1, 0.15) is 30.0 Å². The monoisotopic (exact) mass is 531 g/mol. The number of nitrogens with one attached hydrogen (secondary N) is 2. The van der Waals surface area contributed by atoms with Crippen LogP contribution in [0.5, 0.6) is 11.6 Å². The van der Waals surface area contributed by atoms with Gasteiger partial charge in [-0.2, -0.15) is 0 Å². The number of anilines is 1. The number of barbiturate groups is 1. The maximum absolute atomic E-state index is 12.7. The lowest BCUT2D eigenvalue weighted by atomic mass is 9.92. The molecule has 10 nitrogen and oxygen atoms in total. The largest absolute Gasteiger partial charge is 0.475 e. The number of hydrogen-bond acceptors (Lipinski definition) is 8. The molecule has 1 aromatic heterocycles. The van der Waals surface area contributed by atoms with Crippen LogP contribution >= 0.6 is 11.6 Å². The van der Waals surface area contributed by atoms with Gasteiger partial charge in [-0.15, -0.1) is 0 Å². The Bertz CT molecular complexity index is 1420. The van der Waals surface area contributed by atoms with Crippen LogP contribution in [-0.2, 0) is 14.3 Å². The molecule has 38 heavy (non-hydrogen) atoms. The van der Waals surface area contributed by atoms with E-state index in [-0.39, 0.29) is 6.04 Å². The first-order chi connectivity index (χ1) is 18.4. The molecule has 192 valence electrons. The molecule has 1 spiro atoms. The van der Waals surface area contributed by atoms with Gasteiger partial charge in [-0.25, -0.2) is 14.8 Å². The first-order valence-corrected chi connectivity index (χ1v) is 12.4. The van der Waals surface area contributed by atoms with Gasteiger partial charge in [0.2, 0.25) is 11.8 Å². The molecule has 3 aliphatic rings. The Morgan fingerprint density at radius 1 is 0.974 bits per heavy atom. The summed E-state index contributed by atoms with van der Waals surface area (Å²) in [6, 6.07) is 17.4. The first-order valence-electron chi connectivity index (χ1n) is 12.1. The van der Waals surface area contributed by atoms with E-state index in [1.807, 2.05) is 36.4 Å². The number of benzene rings is 2. The molecular weight excluding hydrogens is 510 g/mol. The number of imide groups is 2. The van der Waals surface area contributed by atoms with Gasteiger partial charge >= 0.3 is 6.03 Å². The lowest BCUT2D eigenvalue weighted by molar-refractivity contribution is -0.137. The lowest BCUT2D eigenvalue weighted by Gasteiger charge is -2.38. The highest BCUT2D eigenvalue weighted by molar-refractivity contribution is 6.30. The fourth-order valence-corrected chi connectivity index (χ4v) is 5.08. The number of amides is 4. The second kappa shape index (κ2) is 9.46. The van der Waals surface area contributed by atoms with Crippen LogP contribution in [0, 0.1) is 0 Å². The van der Waals surface area contributed by atoms with E-state index >= 15 is 0 Å². The average molecular weight is 532 g/mol. The predicted octanol–water partition coefficient (Wildman–Crippen LogP) is 3.75. The van der Waals surface area contributed by atoms with Gasteiger partial charge < -0.3 is 14.4 Å². The van der Waals surface area contributed by atoms with Gasteiger partial charge in [0.1, 0.15) is 18.4 Å². The molecule has 0 saturated carbocycles. The summed E-state index contributed by atoms with van der Waals surface area (Å²) in [6.45, 7) is 0.937. The Morgan fingerprint density at radius 2 is 1.71 bits per heavy atom. The minimum Gasteiger partial charge on any atom is -0.475 e. The molecule has 4 heterocycles. The molecule has 0 radical (unpaired) electrons. The number of carbonyl (C=O) groups excluding carboxylic acids is 3. The van der Waals surface area contributed by atoms with Crippen molar-refractivity contribution in [3.63, 3.8) is 0 Å². The average Bonchev–Trinajstić information content (AvgIpc) is 3.58. The zero-order valence-electron chi connectivity index (χ0n) is 20.0. The van der Waals surface area contributed by atoms with Crippen molar-refractivity contribution >= 4 is 41.0 Å². The number of carbonyl (C=O) groups is 3. The zero-order chi connectivity index (χ0) is 26.3. The van der Waals surface area contributed by atoms with Crippen molar-refractivity contribution in [2.75, 3.05) is 18.1 Å². The van der Waals surface area contributed by atoms with Crippen LogP contribution in [0.2, 0.25) is 5.02 Å². The quantitative estimate of drug-likeness (QED) is 0.481. The number of hydrogen-bond donors (Lipinski definition) is 2. The van der Waals surface area contributed by atoms with Crippen LogP contribution in [0.3, 0.4) is 0 Å². The van der Waals surface area contributed by atoms with Crippen LogP contribution in [-0.4, -0.2) is 47.4 Å². The Morgan fingerprint density at radius 3 is 2.39 bits per heavy atom. The van der Waals surface area contributed by atoms with Crippen molar-refractivity contribution in [2.45, 2.75) is 24.4 Å². The Hall–Kier alpha value is -4.44. The summed E-state index contributed by atoms with van der Waals surface area (Å²) in [7, 11) is 0. The van der Waals surface area contributed by atoms with Gasteiger partial charge in [0, 0.05) is 23.2 Å². The second-order valence-corrected chi connectivity index (χ2v) is 9.58. The van der Waals surface area contributed by atoms with Gasteiger partial charge in [-0.05, 0) is 60.9 Å². The number of rotatable bonds is 5. The van der Waals surface area contributed by atoms with Crippen molar-refractivity contribution < 1.29 is 23.9 Å². The fourth-order valence-electron chi connectivity index (χ4n) is 4.95. The van der Waals surface area contributed by atoms with Crippen LogP contribution in [0.4, 0.5) is 10.5 Å². The second-order valence-electron chi connectivity index (χ2n) is 9.15. The third-order valence-electron chi connectivity index (χ3n) is 6.85. The molecule has 2 aromatic carbocycles. The maximum atomic E-state index is 12.7. The highest BCUT2D eigenvalue weighted by Crippen LogP contribution is 2.36. The summed E-state index contributed by atoms with van der Waals surface area (Å²) in [6.07, 6.45) is 2.47. The van der Waals surface area contributed by atoms with E-state index in [1.165, 1.54) is 0 Å². The van der Waals surface area contributed by atoms with Crippen molar-refractivity contribution in [1.29, 1.82) is 0 Å². The molecule has 1 atom stereocenters. The van der Waals surface area contributed by atoms with Crippen LogP contribution < -0.4 is 20.3 Å². The topological polar surface area (TPSA) is 122 Å². The Kier molecular flexibility index (Phi) is 5.96. The summed E-state index contributed by atoms with van der Waals surface area (Å²) in [5.74, 6) is 0.235. The van der Waals surface area contributed by atoms with Crippen molar-refractivity contribution in [3.05, 3.63) is 83.0 Å². The molecule has 4 amide bonds. The van der Waals surface area contributed by atoms with E-state index in [9.17, 15) is 14.4 Å². The minimum absolute atomic E-state index is 0.0816. The molecular formula is C27H22ClN5O5. The van der Waals surface area contributed by atoms with Gasteiger partial charge in [-0.1, -0.05) is 23.7 Å². The summed E-state index contributed by atoms with van der Waals surface area (Å²) >= 11 is 5.97. The van der Waals surface area contributed by atoms with Gasteiger partial charge in [-0.3, -0.25) is 20.2 Å². The molecule has 0 aliphatic carbocycles. The molecule has 2 saturated heterocycles. The Balaban J connectivity index is 1.13. The number of urea groups is 1. The lowest BCUT2D eigenvalue weighted by Crippen LogP contribution is -2.71. The predicted molar refractivity (Wildman–Crippen MR) is 138 cm³/mol. The molecule has 0 bridgehead atoms. The van der Waals surface area contributed by atoms with E-state index < -0.39 is 23.4 Å². The zero-order valence-corrected chi connectivity index (χ0v) is 20.8. The molecule has 3 aliphatic heterocycles. The number of pyridine rings is 1. The van der Waals surface area contributed by atoms with Gasteiger partial charge in [0.05, 0.1) is 11.9 Å². The minimum atomic E-state index is -1.47. The molecule has 2 fully saturated rings. The van der Waals surface area contributed by atoms with E-state index in [2.05, 4.69) is 20.6 Å². The van der Waals surface area contributed by atoms with Crippen LogP contribution in [0.15, 0.2) is 71.9 Å². The van der Waals surface area contributed by atoms with E-state index in [4.69, 9.17) is 21.1 Å². The Labute approximate surface area is 222 Å². The summed E-state index contributed by atoms with van der Waals surface area (Å²) in [5.41, 5.74) is 0.984. The standard InChI is InChI=1S/C27H22ClN5O5/c28-18-6-2-16(3-7-18)21-15-37-23(30-21)17-4-9-20(10-5-17)38-22-11-8-19(14-29-22)33-13-1-12-27(33)24(34)31-26(36)32-25(27)35/h2-11,14,21H,1,12-13,15H2,(H2,31,32,34,35,36). The molecule has 1 unspecified atom stereocenters. The number of aromatic nitrogens is 1. The fraction of sp³-hybridized carbons (Fsp3) is 0.222. The smallest absolute Gasteiger partial charge is 0.328 e. The highest BCUT2D eigenvalue weighted by Gasteiger charge is 2.57. The molecule has 3 aromatic rings. The van der Waals surface area contributed by atoms with Crippen molar-refractivity contribution in [3.8, 4) is 11.6 Å². The third kappa shape index (κ3) is 4.22. The normalized spacial score (nSPS) is 20.1. The number of halogens is 1. The summed E-state index contributed by atoms with van der Waals surface area (Å²) < 4.78 is 11.7. The van der Waals surface area contributed by atoms with E-state index in [0.717, 1.165) is 11.1 Å². The number of nitrogens with zero attached hydrogens (tertiary/aromatic N) is 3. The third-order valence-corrected chi connectivity index (χ3v) is 7.10. The first kappa shape index (κ1) is 23.9. The van der Waals surface area contributed by atoms with Crippen LogP contribution in [0.25, 0.3) is 0 Å². The maximum Gasteiger partial charge on any atom is 0.328 e. The number of ether oxygens (including phenoxy) is 2. The molecule has 11 heteroatoms. The van der Waals surface area contributed by atoms with Crippen molar-refractivity contribution in [1.82, 2.24) is 15.6 Å². The van der Waals surface area contributed by atoms with E-state index in [1.54, 1.807) is 35.4 Å². The molecule has 2 N–H and O–H groups in total. The highest BCUT2D eigenvalue weighted by atomic mass is 35.5. The SMILES string of the molecule is O=C1NC(=O)C2(CCCN2c2ccc(Oc3ccc(C4=NC(c5ccc(Cl)cc5)CO4)cc3)nc2)C(=O)N1. The summed E-state index contributed by atoms with van der Waals surface area (Å²) in [4.78, 5) is 47.6. The number of aliphatic imine (C=N–C) groups is 1. The molecule has 6 rings (SSSR count).